The van der Waals surface area contributed by atoms with Gasteiger partial charge in [-0.15, -0.1) is 0 Å². The molecule has 2 aromatic heterocycles. The van der Waals surface area contributed by atoms with Crippen molar-refractivity contribution in [2.75, 3.05) is 43.1 Å². The van der Waals surface area contributed by atoms with Gasteiger partial charge in [-0.3, -0.25) is 4.79 Å². The highest BCUT2D eigenvalue weighted by Gasteiger charge is 2.33. The number of benzene rings is 1. The van der Waals surface area contributed by atoms with E-state index in [1.807, 2.05) is 12.1 Å². The zero-order valence-electron chi connectivity index (χ0n) is 17.9. The minimum atomic E-state index is -0.273. The van der Waals surface area contributed by atoms with Crippen LogP contribution in [0, 0.1) is 16.7 Å². The number of carbonyl (C=O) groups is 1. The monoisotopic (exact) mass is 432 g/mol. The normalized spacial score (nSPS) is 20.3. The molecule has 1 aromatic carbocycles. The van der Waals surface area contributed by atoms with E-state index in [-0.39, 0.29) is 11.3 Å². The van der Waals surface area contributed by atoms with Crippen LogP contribution in [0.15, 0.2) is 36.8 Å². The Kier molecular flexibility index (Phi) is 5.15. The molecule has 4 heterocycles. The van der Waals surface area contributed by atoms with Crippen molar-refractivity contribution in [1.29, 1.82) is 5.26 Å². The van der Waals surface area contributed by atoms with E-state index in [0.717, 1.165) is 30.1 Å². The summed E-state index contributed by atoms with van der Waals surface area (Å²) in [6.07, 6.45) is 6.04. The van der Waals surface area contributed by atoms with Crippen LogP contribution in [-0.2, 0) is 11.2 Å². The van der Waals surface area contributed by atoms with Gasteiger partial charge >= 0.3 is 0 Å². The van der Waals surface area contributed by atoms with Crippen molar-refractivity contribution < 1.29 is 14.3 Å². The quantitative estimate of drug-likeness (QED) is 0.676. The lowest BCUT2D eigenvalue weighted by Gasteiger charge is -2.36. The van der Waals surface area contributed by atoms with E-state index in [2.05, 4.69) is 33.3 Å². The third-order valence-electron chi connectivity index (χ3n) is 6.00. The van der Waals surface area contributed by atoms with Crippen LogP contribution in [0.4, 0.5) is 11.4 Å². The molecule has 0 spiro atoms. The fourth-order valence-electron chi connectivity index (χ4n) is 4.30. The number of fused-ring (bicyclic) bond motifs is 2. The van der Waals surface area contributed by atoms with Gasteiger partial charge in [-0.25, -0.2) is 9.50 Å². The number of hydrogen-bond acceptors (Lipinski definition) is 7. The minimum absolute atomic E-state index is 0.254. The molecule has 0 unspecified atom stereocenters. The van der Waals surface area contributed by atoms with Crippen LogP contribution in [-0.4, -0.2) is 53.4 Å². The molecule has 2 aliphatic heterocycles. The van der Waals surface area contributed by atoms with Gasteiger partial charge < -0.3 is 19.7 Å². The summed E-state index contributed by atoms with van der Waals surface area (Å²) in [5, 5.41) is 16.5. The first kappa shape index (κ1) is 20.3. The molecular weight excluding hydrogens is 408 g/mol. The molecule has 1 amide bonds. The number of hydrogen-bond donors (Lipinski definition) is 1. The fraction of sp³-hybridized carbons (Fsp3) is 0.391. The zero-order chi connectivity index (χ0) is 22.1. The maximum absolute atomic E-state index is 13.2. The lowest BCUT2D eigenvalue weighted by Crippen LogP contribution is -2.37. The Labute approximate surface area is 185 Å². The first-order valence-electron chi connectivity index (χ1n) is 10.7. The fourth-order valence-corrected chi connectivity index (χ4v) is 4.30. The lowest BCUT2D eigenvalue weighted by molar-refractivity contribution is 0.102. The summed E-state index contributed by atoms with van der Waals surface area (Å²) < 4.78 is 13.1. The summed E-state index contributed by atoms with van der Waals surface area (Å²) in [6, 6.07) is 8.00. The second-order valence-corrected chi connectivity index (χ2v) is 8.59. The Morgan fingerprint density at radius 3 is 3.00 bits per heavy atom. The SMILES string of the molecule is C[C@@]1(CC#N)COc2cc(N3CCOCC3)c(NC(=O)c3cnn4cccnc34)cc2C1. The highest BCUT2D eigenvalue weighted by molar-refractivity contribution is 6.09. The van der Waals surface area contributed by atoms with Gasteiger partial charge in [0.05, 0.1) is 43.5 Å². The zero-order valence-corrected chi connectivity index (χ0v) is 17.9. The molecule has 1 N–H and O–H groups in total. The number of nitrogens with zero attached hydrogens (tertiary/aromatic N) is 5. The van der Waals surface area contributed by atoms with Crippen molar-refractivity contribution in [3.63, 3.8) is 0 Å². The summed E-state index contributed by atoms with van der Waals surface area (Å²) in [5.74, 6) is 0.530. The van der Waals surface area contributed by atoms with E-state index in [4.69, 9.17) is 9.47 Å². The highest BCUT2D eigenvalue weighted by atomic mass is 16.5. The van der Waals surface area contributed by atoms with Crippen LogP contribution in [0.25, 0.3) is 5.65 Å². The average Bonchev–Trinajstić information content (AvgIpc) is 3.23. The Balaban J connectivity index is 1.52. The molecule has 164 valence electrons. The molecule has 1 fully saturated rings. The van der Waals surface area contributed by atoms with Crippen molar-refractivity contribution in [2.24, 2.45) is 5.41 Å². The van der Waals surface area contributed by atoms with Crippen molar-refractivity contribution >= 4 is 22.9 Å². The van der Waals surface area contributed by atoms with Gasteiger partial charge in [-0.05, 0) is 24.1 Å². The van der Waals surface area contributed by atoms with Gasteiger partial charge in [0.25, 0.3) is 5.91 Å². The summed E-state index contributed by atoms with van der Waals surface area (Å²) in [7, 11) is 0. The summed E-state index contributed by atoms with van der Waals surface area (Å²) in [4.78, 5) is 19.7. The summed E-state index contributed by atoms with van der Waals surface area (Å²) >= 11 is 0. The van der Waals surface area contributed by atoms with Crippen molar-refractivity contribution in [2.45, 2.75) is 19.8 Å². The first-order chi connectivity index (χ1) is 15.6. The number of anilines is 2. The molecule has 32 heavy (non-hydrogen) atoms. The standard InChI is InChI=1S/C23H24N6O3/c1-23(3-4-24)13-16-11-18(19(12-20(16)32-15-23)28-7-9-31-10-8-28)27-22(30)17-14-26-29-6-2-5-25-21(17)29/h2,5-6,11-12,14H,3,7-10,13,15H2,1H3,(H,27,30)/t23-/m0/s1. The number of aromatic nitrogens is 3. The lowest BCUT2D eigenvalue weighted by atomic mass is 9.80. The van der Waals surface area contributed by atoms with Crippen LogP contribution in [0.5, 0.6) is 5.75 Å². The molecule has 1 atom stereocenters. The number of nitriles is 1. The van der Waals surface area contributed by atoms with Gasteiger partial charge in [0.15, 0.2) is 5.65 Å². The number of morpholine rings is 1. The molecule has 0 saturated carbocycles. The number of rotatable bonds is 4. The van der Waals surface area contributed by atoms with Crippen LogP contribution in [0.1, 0.15) is 29.3 Å². The Hall–Kier alpha value is -3.64. The second-order valence-electron chi connectivity index (χ2n) is 8.59. The van der Waals surface area contributed by atoms with E-state index >= 15 is 0 Å². The third kappa shape index (κ3) is 3.74. The Morgan fingerprint density at radius 1 is 1.34 bits per heavy atom. The third-order valence-corrected chi connectivity index (χ3v) is 6.00. The van der Waals surface area contributed by atoms with Gasteiger partial charge in [0.1, 0.15) is 11.3 Å². The molecule has 0 aliphatic carbocycles. The topological polar surface area (TPSA) is 105 Å². The maximum atomic E-state index is 13.2. The van der Waals surface area contributed by atoms with Gasteiger partial charge in [-0.2, -0.15) is 10.4 Å². The predicted molar refractivity (Wildman–Crippen MR) is 118 cm³/mol. The van der Waals surface area contributed by atoms with Crippen LogP contribution < -0.4 is 15.0 Å². The Bertz CT molecular complexity index is 1210. The molecule has 3 aromatic rings. The summed E-state index contributed by atoms with van der Waals surface area (Å²) in [5.41, 5.74) is 3.24. The van der Waals surface area contributed by atoms with Crippen LogP contribution in [0.2, 0.25) is 0 Å². The molecule has 1 saturated heterocycles. The predicted octanol–water partition coefficient (Wildman–Crippen LogP) is 2.67. The van der Waals surface area contributed by atoms with E-state index in [1.54, 1.807) is 23.0 Å². The second kappa shape index (κ2) is 8.13. The number of amides is 1. The van der Waals surface area contributed by atoms with E-state index < -0.39 is 0 Å². The molecule has 2 aliphatic rings. The molecular formula is C23H24N6O3. The average molecular weight is 432 g/mol. The molecule has 5 rings (SSSR count). The van der Waals surface area contributed by atoms with Gasteiger partial charge in [-0.1, -0.05) is 6.92 Å². The number of nitrogens with one attached hydrogen (secondary N) is 1. The Morgan fingerprint density at radius 2 is 2.19 bits per heavy atom. The van der Waals surface area contributed by atoms with Crippen molar-refractivity contribution in [1.82, 2.24) is 14.6 Å². The molecule has 9 nitrogen and oxygen atoms in total. The number of ether oxygens (including phenoxy) is 2. The van der Waals surface area contributed by atoms with Crippen LogP contribution in [0.3, 0.4) is 0 Å². The minimum Gasteiger partial charge on any atom is -0.493 e. The number of carbonyl (C=O) groups excluding carboxylic acids is 1. The summed E-state index contributed by atoms with van der Waals surface area (Å²) in [6.45, 7) is 5.26. The van der Waals surface area contributed by atoms with E-state index in [9.17, 15) is 10.1 Å². The van der Waals surface area contributed by atoms with E-state index in [1.165, 1.54) is 6.20 Å². The molecule has 0 radical (unpaired) electrons. The smallest absolute Gasteiger partial charge is 0.261 e. The van der Waals surface area contributed by atoms with Gasteiger partial charge in [0, 0.05) is 43.4 Å². The largest absolute Gasteiger partial charge is 0.493 e. The van der Waals surface area contributed by atoms with Crippen LogP contribution >= 0.6 is 0 Å². The van der Waals surface area contributed by atoms with Crippen molar-refractivity contribution in [3.8, 4) is 11.8 Å². The molecule has 0 bridgehead atoms. The van der Waals surface area contributed by atoms with Gasteiger partial charge in [0.2, 0.25) is 0 Å². The van der Waals surface area contributed by atoms with E-state index in [0.29, 0.717) is 49.6 Å². The first-order valence-corrected chi connectivity index (χ1v) is 10.7. The van der Waals surface area contributed by atoms with Crippen molar-refractivity contribution in [3.05, 3.63) is 47.9 Å². The molecule has 9 heteroatoms. The maximum Gasteiger partial charge on any atom is 0.261 e. The highest BCUT2D eigenvalue weighted by Crippen LogP contribution is 2.42.